The van der Waals surface area contributed by atoms with Gasteiger partial charge in [0.1, 0.15) is 0 Å². The van der Waals surface area contributed by atoms with Crippen LogP contribution >= 0.6 is 20.3 Å². The number of hydrogen-bond donors (Lipinski definition) is 0. The van der Waals surface area contributed by atoms with Crippen LogP contribution in [0.4, 0.5) is 0 Å². The van der Waals surface area contributed by atoms with Gasteiger partial charge in [0.2, 0.25) is 0 Å². The minimum absolute atomic E-state index is 0.382. The van der Waals surface area contributed by atoms with E-state index in [0.29, 0.717) is 12.9 Å². The van der Waals surface area contributed by atoms with Crippen LogP contribution in [0.3, 0.4) is 0 Å². The Labute approximate surface area is 151 Å². The molecule has 0 aliphatic heterocycles. The molecule has 0 N–H and O–H groups in total. The molecule has 0 aliphatic carbocycles. The van der Waals surface area contributed by atoms with Gasteiger partial charge in [0.05, 0.1) is 0 Å². The first-order chi connectivity index (χ1) is 11.3. The van der Waals surface area contributed by atoms with Crippen LogP contribution in [0.2, 0.25) is 0 Å². The van der Waals surface area contributed by atoms with Gasteiger partial charge in [-0.25, -0.2) is 0 Å². The first-order valence-electron chi connectivity index (χ1n) is 6.18. The molecule has 6 heteroatoms. The van der Waals surface area contributed by atoms with Gasteiger partial charge in [-0.15, -0.1) is 30.4 Å². The van der Waals surface area contributed by atoms with Crippen molar-refractivity contribution in [2.45, 2.75) is 0 Å². The molecule has 3 rings (SSSR count). The van der Waals surface area contributed by atoms with Gasteiger partial charge in [-0.1, -0.05) is 31.0 Å². The fraction of sp³-hybridized carbons (Fsp3) is 0. The van der Waals surface area contributed by atoms with Gasteiger partial charge in [0.15, 0.2) is 0 Å². The zero-order valence-electron chi connectivity index (χ0n) is 12.1. The molecule has 0 bridgehead atoms. The molecule has 0 aromatic carbocycles. The molecule has 0 saturated carbocycles. The summed E-state index contributed by atoms with van der Waals surface area (Å²) in [5.74, 6) is 0. The Kier molecular flexibility index (Phi) is 17.0. The Morgan fingerprint density at radius 3 is 1.57 bits per heavy atom. The summed E-state index contributed by atoms with van der Waals surface area (Å²) < 4.78 is 0. The molecule has 0 fully saturated rings. The second-order valence-corrected chi connectivity index (χ2v) is 5.09. The first-order valence-corrected chi connectivity index (χ1v) is 9.04. The molecule has 0 aliphatic rings. The predicted molar refractivity (Wildman–Crippen MR) is 91.0 cm³/mol. The quantitative estimate of drug-likeness (QED) is 0.568. The maximum atomic E-state index is 4.73. The van der Waals surface area contributed by atoms with Crippen LogP contribution in [0.1, 0.15) is 5.56 Å². The summed E-state index contributed by atoms with van der Waals surface area (Å²) in [5.41, 5.74) is 0.938. The Morgan fingerprint density at radius 2 is 1.39 bits per heavy atom. The molecular weight excluding hydrogens is 376 g/mol. The standard InChI is InChI=1S/C7H6N.2C5H4N.2ClH.Co/c1-2-7-4-3-5-8-6-7;2*1-2-4-6-5-3-1;;;/h2-5H,1H2;2*1-4H;2*1H;/q3*-1;;;+2/p-2. The Morgan fingerprint density at radius 1 is 0.870 bits per heavy atom. The third-order valence-electron chi connectivity index (χ3n) is 1.88. The molecular formula is C17H14Cl2CoN3-3. The second kappa shape index (κ2) is 18.3. The molecule has 123 valence electrons. The van der Waals surface area contributed by atoms with Crippen LogP contribution in [0, 0.1) is 18.6 Å². The number of aromatic nitrogens is 3. The summed E-state index contributed by atoms with van der Waals surface area (Å²) in [7, 11) is 9.47. The molecule has 3 nitrogen and oxygen atoms in total. The molecule has 0 amide bonds. The van der Waals surface area contributed by atoms with E-state index in [0.717, 1.165) is 5.56 Å². The van der Waals surface area contributed by atoms with Gasteiger partial charge in [-0.3, -0.25) is 0 Å². The normalized spacial score (nSPS) is 8.09. The molecule has 0 spiro atoms. The zero-order chi connectivity index (χ0) is 17.0. The van der Waals surface area contributed by atoms with Crippen molar-refractivity contribution in [2.75, 3.05) is 0 Å². The average molecular weight is 390 g/mol. The Hall–Kier alpha value is -1.72. The molecule has 3 heterocycles. The van der Waals surface area contributed by atoms with Gasteiger partial charge in [0, 0.05) is 0 Å². The van der Waals surface area contributed by atoms with Crippen LogP contribution < -0.4 is 0 Å². The summed E-state index contributed by atoms with van der Waals surface area (Å²) in [6, 6.07) is 14.8. The maximum Gasteiger partial charge on any atom is -0.0813 e. The van der Waals surface area contributed by atoms with E-state index in [1.807, 2.05) is 36.4 Å². The maximum absolute atomic E-state index is 4.73. The van der Waals surface area contributed by atoms with Crippen LogP contribution in [-0.2, 0) is 12.9 Å². The predicted octanol–water partition coefficient (Wildman–Crippen LogP) is 4.66. The smallest absolute Gasteiger partial charge is 0.0813 e. The van der Waals surface area contributed by atoms with E-state index in [1.54, 1.807) is 36.8 Å². The van der Waals surface area contributed by atoms with Crippen molar-refractivity contribution in [3.8, 4) is 0 Å². The van der Waals surface area contributed by atoms with Gasteiger partial charge >= 0.3 is 33.2 Å². The van der Waals surface area contributed by atoms with Crippen molar-refractivity contribution in [3.05, 3.63) is 97.9 Å². The number of pyridine rings is 3. The third kappa shape index (κ3) is 16.5. The van der Waals surface area contributed by atoms with E-state index in [-0.39, 0.29) is 0 Å². The van der Waals surface area contributed by atoms with Crippen molar-refractivity contribution in [3.63, 3.8) is 0 Å². The number of rotatable bonds is 1. The first kappa shape index (κ1) is 21.3. The second-order valence-electron chi connectivity index (χ2n) is 3.37. The topological polar surface area (TPSA) is 38.7 Å². The van der Waals surface area contributed by atoms with Gasteiger partial charge < -0.3 is 15.0 Å². The van der Waals surface area contributed by atoms with E-state index in [4.69, 9.17) is 20.3 Å². The van der Waals surface area contributed by atoms with Crippen molar-refractivity contribution in [1.82, 2.24) is 15.0 Å². The fourth-order valence-electron chi connectivity index (χ4n) is 1.01. The van der Waals surface area contributed by atoms with Crippen LogP contribution in [0.25, 0.3) is 6.08 Å². The summed E-state index contributed by atoms with van der Waals surface area (Å²) in [4.78, 5) is 11.1. The Balaban J connectivity index is 0.000000295. The molecule has 0 atom stereocenters. The molecule has 23 heavy (non-hydrogen) atoms. The van der Waals surface area contributed by atoms with Crippen LogP contribution in [0.5, 0.6) is 0 Å². The molecule has 0 unspecified atom stereocenters. The summed E-state index contributed by atoms with van der Waals surface area (Å²) in [6.45, 7) is 3.56. The van der Waals surface area contributed by atoms with Crippen LogP contribution in [0.15, 0.2) is 73.7 Å². The summed E-state index contributed by atoms with van der Waals surface area (Å²) >= 11 is 0.382. The summed E-state index contributed by atoms with van der Waals surface area (Å²) in [5, 5.41) is 0. The van der Waals surface area contributed by atoms with Gasteiger partial charge in [-0.2, -0.15) is 36.4 Å². The van der Waals surface area contributed by atoms with Crippen molar-refractivity contribution in [1.29, 1.82) is 0 Å². The zero-order valence-corrected chi connectivity index (χ0v) is 14.6. The Bertz CT molecular complexity index is 484. The van der Waals surface area contributed by atoms with Crippen molar-refractivity contribution < 1.29 is 12.9 Å². The third-order valence-corrected chi connectivity index (χ3v) is 1.88. The summed E-state index contributed by atoms with van der Waals surface area (Å²) in [6.07, 6.45) is 14.8. The number of halogens is 2. The molecule has 0 radical (unpaired) electrons. The molecule has 3 aromatic rings. The van der Waals surface area contributed by atoms with Gasteiger partial charge in [-0.05, 0) is 6.20 Å². The van der Waals surface area contributed by atoms with Crippen molar-refractivity contribution >= 4 is 26.4 Å². The SMILES string of the molecule is C=Cc1[c-]nccc1.[Cl][Co][Cl].[c-]1ccccn1.[c-]1ccccn1. The number of hydrogen-bond acceptors (Lipinski definition) is 3. The largest absolute Gasteiger partial charge is 0.394 e. The molecule has 3 aromatic heterocycles. The van der Waals surface area contributed by atoms with E-state index in [9.17, 15) is 0 Å². The minimum atomic E-state index is 0.382. The number of nitrogens with zero attached hydrogens (tertiary/aromatic N) is 3. The average Bonchev–Trinajstić information content (AvgIpc) is 2.67. The van der Waals surface area contributed by atoms with Crippen LogP contribution in [-0.4, -0.2) is 15.0 Å². The van der Waals surface area contributed by atoms with Crippen molar-refractivity contribution in [2.24, 2.45) is 0 Å². The fourth-order valence-corrected chi connectivity index (χ4v) is 1.01. The minimum Gasteiger partial charge on any atom is -0.394 e. The monoisotopic (exact) mass is 389 g/mol. The van der Waals surface area contributed by atoms with Gasteiger partial charge in [0.25, 0.3) is 0 Å². The van der Waals surface area contributed by atoms with E-state index in [1.165, 1.54) is 0 Å². The van der Waals surface area contributed by atoms with E-state index >= 15 is 0 Å². The molecule has 0 saturated heterocycles. The van der Waals surface area contributed by atoms with E-state index < -0.39 is 0 Å². The van der Waals surface area contributed by atoms with E-state index in [2.05, 4.69) is 40.1 Å².